The Morgan fingerprint density at radius 1 is 0.339 bits per heavy atom. The van der Waals surface area contributed by atoms with Crippen molar-refractivity contribution < 1.29 is 28.6 Å². The predicted molar refractivity (Wildman–Crippen MR) is 238 cm³/mol. The predicted octanol–water partition coefficient (Wildman–Crippen LogP) is 15.9. The summed E-state index contributed by atoms with van der Waals surface area (Å²) in [5.41, 5.74) is 0. The molecule has 0 unspecified atom stereocenters. The lowest BCUT2D eigenvalue weighted by Gasteiger charge is -2.18. The lowest BCUT2D eigenvalue weighted by atomic mass is 10.0. The van der Waals surface area contributed by atoms with Crippen LogP contribution in [0, 0.1) is 5.92 Å². The molecule has 56 heavy (non-hydrogen) atoms. The maximum absolute atomic E-state index is 12.7. The Kier molecular flexibility index (Phi) is 43.2. The van der Waals surface area contributed by atoms with Gasteiger partial charge in [-0.25, -0.2) is 0 Å². The second kappa shape index (κ2) is 44.5. The van der Waals surface area contributed by atoms with Crippen molar-refractivity contribution in [2.75, 3.05) is 13.2 Å². The first-order valence-corrected chi connectivity index (χ1v) is 24.9. The van der Waals surface area contributed by atoms with Gasteiger partial charge in [-0.05, 0) is 25.2 Å². The lowest BCUT2D eigenvalue weighted by Crippen LogP contribution is -2.30. The van der Waals surface area contributed by atoms with E-state index in [9.17, 15) is 14.4 Å². The van der Waals surface area contributed by atoms with E-state index in [1.54, 1.807) is 0 Å². The smallest absolute Gasteiger partial charge is 0.306 e. The summed E-state index contributed by atoms with van der Waals surface area (Å²) in [5, 5.41) is 0. The van der Waals surface area contributed by atoms with Crippen LogP contribution in [0.25, 0.3) is 0 Å². The molecule has 0 bridgehead atoms. The number of ether oxygens (including phenoxy) is 3. The molecule has 0 saturated heterocycles. The number of carbonyl (C=O) groups excluding carboxylic acids is 3. The number of hydrogen-bond donors (Lipinski definition) is 0. The molecule has 0 spiro atoms. The first kappa shape index (κ1) is 54.4. The SMILES string of the molecule is CCCCCCCCCCCCC(=O)OC[C@@H](COC(=O)CCCCCCCCCCCCCCCCCCC(C)C)OC(=O)CCCCCCCCCCC. The molecule has 1 atom stereocenters. The van der Waals surface area contributed by atoms with Crippen molar-refractivity contribution in [3.8, 4) is 0 Å². The van der Waals surface area contributed by atoms with Crippen molar-refractivity contribution in [1.82, 2.24) is 0 Å². The van der Waals surface area contributed by atoms with E-state index in [2.05, 4.69) is 27.7 Å². The van der Waals surface area contributed by atoms with Crippen LogP contribution in [0.2, 0.25) is 0 Å². The Hall–Kier alpha value is -1.59. The normalized spacial score (nSPS) is 11.9. The van der Waals surface area contributed by atoms with Gasteiger partial charge in [-0.15, -0.1) is 0 Å². The zero-order valence-corrected chi connectivity index (χ0v) is 38.1. The third-order valence-electron chi connectivity index (χ3n) is 11.3. The molecule has 0 rings (SSSR count). The van der Waals surface area contributed by atoms with Crippen LogP contribution >= 0.6 is 0 Å². The fourth-order valence-electron chi connectivity index (χ4n) is 7.51. The molecule has 6 heteroatoms. The Bertz CT molecular complexity index is 841. The van der Waals surface area contributed by atoms with Gasteiger partial charge in [0.1, 0.15) is 13.2 Å². The quantitative estimate of drug-likeness (QED) is 0.0347. The number of rotatable bonds is 45. The molecule has 0 fully saturated rings. The molecule has 6 nitrogen and oxygen atoms in total. The summed E-state index contributed by atoms with van der Waals surface area (Å²) in [7, 11) is 0. The molecule has 0 aliphatic rings. The summed E-state index contributed by atoms with van der Waals surface area (Å²) < 4.78 is 16.7. The molecular weight excluding hydrogens is 697 g/mol. The first-order valence-electron chi connectivity index (χ1n) is 24.9. The van der Waals surface area contributed by atoms with Crippen molar-refractivity contribution in [3.05, 3.63) is 0 Å². The van der Waals surface area contributed by atoms with E-state index in [4.69, 9.17) is 14.2 Å². The first-order chi connectivity index (χ1) is 27.4. The second-order valence-corrected chi connectivity index (χ2v) is 17.6. The third kappa shape index (κ3) is 43.5. The van der Waals surface area contributed by atoms with Gasteiger partial charge in [0.25, 0.3) is 0 Å². The van der Waals surface area contributed by atoms with Crippen molar-refractivity contribution >= 4 is 17.9 Å². The molecule has 0 N–H and O–H groups in total. The van der Waals surface area contributed by atoms with Gasteiger partial charge in [-0.3, -0.25) is 14.4 Å². The fourth-order valence-corrected chi connectivity index (χ4v) is 7.51. The van der Waals surface area contributed by atoms with Crippen LogP contribution in [-0.2, 0) is 28.6 Å². The molecule has 0 saturated carbocycles. The average molecular weight is 793 g/mol. The highest BCUT2D eigenvalue weighted by atomic mass is 16.6. The van der Waals surface area contributed by atoms with E-state index >= 15 is 0 Å². The summed E-state index contributed by atoms with van der Waals surface area (Å²) in [4.78, 5) is 37.7. The number of hydrogen-bond acceptors (Lipinski definition) is 6. The van der Waals surface area contributed by atoms with Crippen LogP contribution in [0.3, 0.4) is 0 Å². The van der Waals surface area contributed by atoms with Crippen molar-refractivity contribution in [2.24, 2.45) is 5.92 Å². The van der Waals surface area contributed by atoms with E-state index in [-0.39, 0.29) is 31.1 Å². The minimum atomic E-state index is -0.758. The summed E-state index contributed by atoms with van der Waals surface area (Å²) in [6.45, 7) is 9.00. The van der Waals surface area contributed by atoms with Gasteiger partial charge in [0, 0.05) is 19.3 Å². The number of esters is 3. The van der Waals surface area contributed by atoms with Crippen molar-refractivity contribution in [3.63, 3.8) is 0 Å². The number of carbonyl (C=O) groups is 3. The summed E-state index contributed by atoms with van der Waals surface area (Å²) >= 11 is 0. The maximum atomic E-state index is 12.7. The van der Waals surface area contributed by atoms with Crippen LogP contribution in [0.1, 0.15) is 278 Å². The molecule has 0 aliphatic heterocycles. The molecule has 0 amide bonds. The standard InChI is InChI=1S/C50H96O6/c1-5-7-9-11-13-15-26-29-33-37-41-48(51)54-44-47(56-50(53)43-39-35-31-24-14-12-10-8-6-2)45-55-49(52)42-38-34-30-27-23-21-19-17-16-18-20-22-25-28-32-36-40-46(3)4/h46-47H,5-45H2,1-4H3/t47-/m0/s1. The molecule has 0 aliphatic carbocycles. The largest absolute Gasteiger partial charge is 0.462 e. The van der Waals surface area contributed by atoms with E-state index in [1.165, 1.54) is 173 Å². The Balaban J connectivity index is 4.18. The van der Waals surface area contributed by atoms with Gasteiger partial charge in [0.15, 0.2) is 6.10 Å². The van der Waals surface area contributed by atoms with Gasteiger partial charge in [-0.1, -0.05) is 240 Å². The van der Waals surface area contributed by atoms with Gasteiger partial charge < -0.3 is 14.2 Å². The number of unbranched alkanes of at least 4 members (excludes halogenated alkanes) is 32. The Morgan fingerprint density at radius 3 is 0.875 bits per heavy atom. The molecule has 0 heterocycles. The fraction of sp³-hybridized carbons (Fsp3) is 0.940. The van der Waals surface area contributed by atoms with E-state index < -0.39 is 6.10 Å². The molecule has 0 aromatic heterocycles. The summed E-state index contributed by atoms with van der Waals surface area (Å²) in [6.07, 6.45) is 45.2. The molecule has 332 valence electrons. The molecule has 0 aromatic rings. The van der Waals surface area contributed by atoms with Crippen LogP contribution in [0.4, 0.5) is 0 Å². The van der Waals surface area contributed by atoms with Gasteiger partial charge in [-0.2, -0.15) is 0 Å². The third-order valence-corrected chi connectivity index (χ3v) is 11.3. The molecular formula is C50H96O6. The van der Waals surface area contributed by atoms with Gasteiger partial charge in [0.2, 0.25) is 0 Å². The monoisotopic (exact) mass is 793 g/mol. The van der Waals surface area contributed by atoms with Gasteiger partial charge >= 0.3 is 17.9 Å². The van der Waals surface area contributed by atoms with E-state index in [1.807, 2.05) is 0 Å². The molecule has 0 radical (unpaired) electrons. The maximum Gasteiger partial charge on any atom is 0.306 e. The Morgan fingerprint density at radius 2 is 0.589 bits per heavy atom. The van der Waals surface area contributed by atoms with Crippen molar-refractivity contribution in [1.29, 1.82) is 0 Å². The topological polar surface area (TPSA) is 78.9 Å². The Labute approximate surface area is 348 Å². The highest BCUT2D eigenvalue weighted by Crippen LogP contribution is 2.17. The van der Waals surface area contributed by atoms with Crippen LogP contribution in [0.15, 0.2) is 0 Å². The van der Waals surface area contributed by atoms with Crippen LogP contribution in [0.5, 0.6) is 0 Å². The lowest BCUT2D eigenvalue weighted by molar-refractivity contribution is -0.167. The van der Waals surface area contributed by atoms with E-state index in [0.717, 1.165) is 63.7 Å². The van der Waals surface area contributed by atoms with E-state index in [0.29, 0.717) is 19.3 Å². The highest BCUT2D eigenvalue weighted by molar-refractivity contribution is 5.71. The minimum absolute atomic E-state index is 0.0632. The second-order valence-electron chi connectivity index (χ2n) is 17.6. The van der Waals surface area contributed by atoms with Gasteiger partial charge in [0.05, 0.1) is 0 Å². The zero-order chi connectivity index (χ0) is 41.0. The van der Waals surface area contributed by atoms with Crippen LogP contribution in [-0.4, -0.2) is 37.2 Å². The van der Waals surface area contributed by atoms with Crippen LogP contribution < -0.4 is 0 Å². The average Bonchev–Trinajstić information content (AvgIpc) is 3.18. The van der Waals surface area contributed by atoms with Crippen molar-refractivity contribution in [2.45, 2.75) is 284 Å². The highest BCUT2D eigenvalue weighted by Gasteiger charge is 2.19. The summed E-state index contributed by atoms with van der Waals surface area (Å²) in [6, 6.07) is 0. The zero-order valence-electron chi connectivity index (χ0n) is 38.1. The molecule has 0 aromatic carbocycles. The summed E-state index contributed by atoms with van der Waals surface area (Å²) in [5.74, 6) is 0.00113. The minimum Gasteiger partial charge on any atom is -0.462 e.